The van der Waals surface area contributed by atoms with Gasteiger partial charge in [-0.2, -0.15) is 0 Å². The van der Waals surface area contributed by atoms with Crippen molar-refractivity contribution < 1.29 is 4.79 Å². The Bertz CT molecular complexity index is 243. The number of carbonyl (C=O) groups is 1. The molecule has 2 rings (SSSR count). The molecule has 3 nitrogen and oxygen atoms in total. The summed E-state index contributed by atoms with van der Waals surface area (Å²) in [6, 6.07) is 0.550. The molecule has 1 saturated heterocycles. The maximum Gasteiger partial charge on any atom is 0.222 e. The molecule has 2 fully saturated rings. The third-order valence-electron chi connectivity index (χ3n) is 4.36. The van der Waals surface area contributed by atoms with E-state index in [1.165, 1.54) is 32.1 Å². The molecular weight excluding hydrogens is 212 g/mol. The zero-order chi connectivity index (χ0) is 12.1. The van der Waals surface area contributed by atoms with Gasteiger partial charge < -0.3 is 10.2 Å². The second kappa shape index (κ2) is 6.39. The molecule has 1 unspecified atom stereocenters. The zero-order valence-electron chi connectivity index (χ0n) is 11.1. The predicted octanol–water partition coefficient (Wildman–Crippen LogP) is 2.17. The van der Waals surface area contributed by atoms with Crippen molar-refractivity contribution in [2.24, 2.45) is 5.92 Å². The van der Waals surface area contributed by atoms with Gasteiger partial charge in [-0.25, -0.2) is 0 Å². The van der Waals surface area contributed by atoms with Crippen LogP contribution in [0.25, 0.3) is 0 Å². The van der Waals surface area contributed by atoms with Crippen molar-refractivity contribution in [3.05, 3.63) is 0 Å². The molecule has 1 saturated carbocycles. The highest BCUT2D eigenvalue weighted by molar-refractivity contribution is 5.76. The van der Waals surface area contributed by atoms with Crippen LogP contribution in [0.15, 0.2) is 0 Å². The van der Waals surface area contributed by atoms with E-state index < -0.39 is 0 Å². The largest absolute Gasteiger partial charge is 0.340 e. The van der Waals surface area contributed by atoms with Crippen LogP contribution in [-0.2, 0) is 4.79 Å². The fraction of sp³-hybridized carbons (Fsp3) is 0.929. The average Bonchev–Trinajstić information content (AvgIpc) is 3.00. The standard InChI is InChI=1S/C14H26N2O/c1-2-16(13-5-3-4-6-13)14(17)8-7-12-9-10-15-11-12/h12-13,15H,2-11H2,1H3. The minimum absolute atomic E-state index is 0.395. The van der Waals surface area contributed by atoms with Crippen LogP contribution >= 0.6 is 0 Å². The van der Waals surface area contributed by atoms with Crippen LogP contribution in [0, 0.1) is 5.92 Å². The summed E-state index contributed by atoms with van der Waals surface area (Å²) in [7, 11) is 0. The van der Waals surface area contributed by atoms with Gasteiger partial charge in [0, 0.05) is 19.0 Å². The van der Waals surface area contributed by atoms with Crippen molar-refractivity contribution in [1.82, 2.24) is 10.2 Å². The fourth-order valence-corrected chi connectivity index (χ4v) is 3.29. The molecule has 1 aliphatic heterocycles. The highest BCUT2D eigenvalue weighted by Gasteiger charge is 2.25. The number of nitrogens with one attached hydrogen (secondary N) is 1. The molecule has 1 heterocycles. The number of nitrogens with zero attached hydrogens (tertiary/aromatic N) is 1. The van der Waals surface area contributed by atoms with Crippen LogP contribution in [0.2, 0.25) is 0 Å². The number of rotatable bonds is 5. The van der Waals surface area contributed by atoms with E-state index in [1.807, 2.05) is 0 Å². The van der Waals surface area contributed by atoms with E-state index in [2.05, 4.69) is 17.1 Å². The van der Waals surface area contributed by atoms with E-state index in [-0.39, 0.29) is 0 Å². The van der Waals surface area contributed by atoms with Crippen LogP contribution in [0.3, 0.4) is 0 Å². The van der Waals surface area contributed by atoms with E-state index in [9.17, 15) is 4.79 Å². The van der Waals surface area contributed by atoms with Gasteiger partial charge >= 0.3 is 0 Å². The lowest BCUT2D eigenvalue weighted by Crippen LogP contribution is -2.38. The van der Waals surface area contributed by atoms with Crippen molar-refractivity contribution in [3.8, 4) is 0 Å². The second-order valence-electron chi connectivity index (χ2n) is 5.52. The van der Waals surface area contributed by atoms with Crippen molar-refractivity contribution >= 4 is 5.91 Å². The van der Waals surface area contributed by atoms with Crippen molar-refractivity contribution in [3.63, 3.8) is 0 Å². The maximum atomic E-state index is 12.2. The summed E-state index contributed by atoms with van der Waals surface area (Å²) < 4.78 is 0. The Hall–Kier alpha value is -0.570. The van der Waals surface area contributed by atoms with Gasteiger partial charge in [0.05, 0.1) is 0 Å². The Balaban J connectivity index is 1.75. The topological polar surface area (TPSA) is 32.3 Å². The molecule has 0 aromatic rings. The number of hydrogen-bond acceptors (Lipinski definition) is 2. The van der Waals surface area contributed by atoms with E-state index >= 15 is 0 Å². The van der Waals surface area contributed by atoms with E-state index in [1.54, 1.807) is 0 Å². The minimum Gasteiger partial charge on any atom is -0.340 e. The summed E-state index contributed by atoms with van der Waals surface area (Å²) in [4.78, 5) is 14.4. The summed E-state index contributed by atoms with van der Waals surface area (Å²) >= 11 is 0. The molecule has 0 radical (unpaired) electrons. The number of amides is 1. The van der Waals surface area contributed by atoms with Crippen LogP contribution < -0.4 is 5.32 Å². The summed E-state index contributed by atoms with van der Waals surface area (Å²) in [6.07, 6.45) is 8.16. The van der Waals surface area contributed by atoms with Crippen molar-refractivity contribution in [1.29, 1.82) is 0 Å². The smallest absolute Gasteiger partial charge is 0.222 e. The maximum absolute atomic E-state index is 12.2. The third-order valence-corrected chi connectivity index (χ3v) is 4.36. The lowest BCUT2D eigenvalue weighted by Gasteiger charge is -2.28. The molecule has 0 aromatic carbocycles. The SMILES string of the molecule is CCN(C(=O)CCC1CCNC1)C1CCCC1. The number of hydrogen-bond donors (Lipinski definition) is 1. The Labute approximate surface area is 105 Å². The Kier molecular flexibility index (Phi) is 4.84. The summed E-state index contributed by atoms with van der Waals surface area (Å²) in [5.41, 5.74) is 0. The van der Waals surface area contributed by atoms with E-state index in [0.29, 0.717) is 11.9 Å². The Morgan fingerprint density at radius 2 is 2.06 bits per heavy atom. The number of carbonyl (C=O) groups excluding carboxylic acids is 1. The highest BCUT2D eigenvalue weighted by Crippen LogP contribution is 2.24. The van der Waals surface area contributed by atoms with Gasteiger partial charge in [0.15, 0.2) is 0 Å². The van der Waals surface area contributed by atoms with E-state index in [4.69, 9.17) is 0 Å². The molecule has 1 aliphatic carbocycles. The normalized spacial score (nSPS) is 25.4. The quantitative estimate of drug-likeness (QED) is 0.796. The van der Waals surface area contributed by atoms with Crippen molar-refractivity contribution in [2.75, 3.05) is 19.6 Å². The molecule has 98 valence electrons. The first-order valence-corrected chi connectivity index (χ1v) is 7.31. The molecule has 3 heteroatoms. The van der Waals surface area contributed by atoms with Gasteiger partial charge in [-0.15, -0.1) is 0 Å². The molecule has 1 amide bonds. The summed E-state index contributed by atoms with van der Waals surface area (Å²) in [5, 5.41) is 3.37. The third kappa shape index (κ3) is 3.44. The minimum atomic E-state index is 0.395. The molecule has 0 bridgehead atoms. The first kappa shape index (κ1) is 12.9. The van der Waals surface area contributed by atoms with Crippen molar-refractivity contribution in [2.45, 2.75) is 57.9 Å². The molecular formula is C14H26N2O. The first-order chi connectivity index (χ1) is 8.31. The average molecular weight is 238 g/mol. The van der Waals surface area contributed by atoms with Gasteiger partial charge in [0.1, 0.15) is 0 Å². The predicted molar refractivity (Wildman–Crippen MR) is 69.9 cm³/mol. The van der Waals surface area contributed by atoms with E-state index in [0.717, 1.165) is 38.4 Å². The molecule has 1 N–H and O–H groups in total. The monoisotopic (exact) mass is 238 g/mol. The lowest BCUT2D eigenvalue weighted by molar-refractivity contribution is -0.133. The van der Waals surface area contributed by atoms with Gasteiger partial charge in [-0.05, 0) is 51.6 Å². The van der Waals surface area contributed by atoms with Crippen LogP contribution in [0.4, 0.5) is 0 Å². The molecule has 1 atom stereocenters. The van der Waals surface area contributed by atoms with Gasteiger partial charge in [-0.1, -0.05) is 12.8 Å². The fourth-order valence-electron chi connectivity index (χ4n) is 3.29. The Morgan fingerprint density at radius 1 is 1.29 bits per heavy atom. The van der Waals surface area contributed by atoms with Gasteiger partial charge in [0.25, 0.3) is 0 Å². The molecule has 0 spiro atoms. The molecule has 17 heavy (non-hydrogen) atoms. The second-order valence-corrected chi connectivity index (χ2v) is 5.52. The van der Waals surface area contributed by atoms with Gasteiger partial charge in [-0.3, -0.25) is 4.79 Å². The van der Waals surface area contributed by atoms with Crippen LogP contribution in [0.5, 0.6) is 0 Å². The first-order valence-electron chi connectivity index (χ1n) is 7.31. The highest BCUT2D eigenvalue weighted by atomic mass is 16.2. The summed E-state index contributed by atoms with van der Waals surface area (Å²) in [5.74, 6) is 1.13. The molecule has 0 aromatic heterocycles. The van der Waals surface area contributed by atoms with Crippen LogP contribution in [0.1, 0.15) is 51.9 Å². The van der Waals surface area contributed by atoms with Gasteiger partial charge in [0.2, 0.25) is 5.91 Å². The van der Waals surface area contributed by atoms with Crippen LogP contribution in [-0.4, -0.2) is 36.5 Å². The lowest BCUT2D eigenvalue weighted by atomic mass is 10.0. The summed E-state index contributed by atoms with van der Waals surface area (Å²) in [6.45, 7) is 5.27. The zero-order valence-corrected chi connectivity index (χ0v) is 11.1. The Morgan fingerprint density at radius 3 is 2.65 bits per heavy atom. The molecule has 2 aliphatic rings.